The number of carbonyl (C=O) groups excluding carboxylic acids is 1. The number of nitrogens with zero attached hydrogens (tertiary/aromatic N) is 2. The molecule has 0 amide bonds. The van der Waals surface area contributed by atoms with Crippen LogP contribution in [0.4, 0.5) is 17.6 Å². The molecule has 9 heteroatoms. The van der Waals surface area contributed by atoms with Crippen LogP contribution in [0, 0.1) is 23.3 Å². The van der Waals surface area contributed by atoms with Crippen LogP contribution >= 0.6 is 0 Å². The van der Waals surface area contributed by atoms with Gasteiger partial charge in [-0.3, -0.25) is 0 Å². The van der Waals surface area contributed by atoms with Gasteiger partial charge in [-0.05, 0) is 0 Å². The molecule has 1 heterocycles. The van der Waals surface area contributed by atoms with E-state index in [4.69, 9.17) is 4.74 Å². The number of rotatable bonds is 12. The zero-order chi connectivity index (χ0) is 26.3. The van der Waals surface area contributed by atoms with E-state index in [1.54, 1.807) is 12.1 Å². The van der Waals surface area contributed by atoms with Crippen LogP contribution in [0.5, 0.6) is 5.75 Å². The second kappa shape index (κ2) is 12.7. The molecule has 0 radical (unpaired) electrons. The summed E-state index contributed by atoms with van der Waals surface area (Å²) in [6.07, 6.45) is 10.5. The van der Waals surface area contributed by atoms with Crippen LogP contribution in [0.3, 0.4) is 0 Å². The molecule has 0 unspecified atom stereocenters. The van der Waals surface area contributed by atoms with Gasteiger partial charge in [0, 0.05) is 0 Å². The second-order valence-corrected chi connectivity index (χ2v) is 21.9. The fourth-order valence-corrected chi connectivity index (χ4v) is 19.3. The Bertz CT molecular complexity index is 1160. The summed E-state index contributed by atoms with van der Waals surface area (Å²) < 4.78 is 68.7. The first kappa shape index (κ1) is 28.2. The molecule has 194 valence electrons. The average Bonchev–Trinajstić information content (AvgIpc) is 3.34. The van der Waals surface area contributed by atoms with Crippen molar-refractivity contribution in [1.29, 1.82) is 0 Å². The van der Waals surface area contributed by atoms with Crippen LogP contribution in [0.15, 0.2) is 49.1 Å². The minimum absolute atomic E-state index is 0.0798. The fourth-order valence-electron chi connectivity index (χ4n) is 4.53. The third-order valence-electron chi connectivity index (χ3n) is 6.59. The van der Waals surface area contributed by atoms with Gasteiger partial charge in [0.1, 0.15) is 0 Å². The van der Waals surface area contributed by atoms with Gasteiger partial charge in [-0.1, -0.05) is 0 Å². The van der Waals surface area contributed by atoms with Crippen LogP contribution in [0.2, 0.25) is 8.87 Å². The molecule has 0 aliphatic heterocycles. The molecule has 0 aliphatic carbocycles. The van der Waals surface area contributed by atoms with E-state index < -0.39 is 53.4 Å². The summed E-state index contributed by atoms with van der Waals surface area (Å²) in [5, 5.41) is 0. The summed E-state index contributed by atoms with van der Waals surface area (Å²) >= 11 is -3.16. The molecule has 3 aromatic rings. The Hall–Kier alpha value is -2.36. The first-order valence-corrected chi connectivity index (χ1v) is 19.9. The zero-order valence-electron chi connectivity index (χ0n) is 21.0. The molecule has 3 rings (SSSR count). The van der Waals surface area contributed by atoms with Gasteiger partial charge in [0.25, 0.3) is 0 Å². The number of hydrogen-bond acceptors (Lipinski definition) is 2. The van der Waals surface area contributed by atoms with Crippen molar-refractivity contribution < 1.29 is 31.7 Å². The van der Waals surface area contributed by atoms with E-state index in [0.29, 0.717) is 0 Å². The Morgan fingerprint density at radius 2 is 1.61 bits per heavy atom. The SMILES string of the molecule is CCC[CH2][Sn]([CH2]CCC)([CH2][n+]1ccn(CC)c1)[c]1cccc(C(=O)Oc2c(F)c(F)cc(F)c2F)c1. The molecule has 0 spiro atoms. The van der Waals surface area contributed by atoms with E-state index >= 15 is 0 Å². The van der Waals surface area contributed by atoms with Crippen molar-refractivity contribution in [3.63, 3.8) is 0 Å². The Morgan fingerprint density at radius 1 is 0.972 bits per heavy atom. The number of benzene rings is 2. The van der Waals surface area contributed by atoms with Crippen LogP contribution < -0.4 is 12.9 Å². The number of aromatic nitrogens is 2. The molecule has 2 aromatic carbocycles. The molecular formula is C27H33F4N2O2Sn+. The Kier molecular flexibility index (Phi) is 9.99. The van der Waals surface area contributed by atoms with Gasteiger partial charge in [-0.2, -0.15) is 0 Å². The number of ether oxygens (including phenoxy) is 1. The third-order valence-corrected chi connectivity index (χ3v) is 21.2. The van der Waals surface area contributed by atoms with Crippen LogP contribution in [-0.4, -0.2) is 28.9 Å². The van der Waals surface area contributed by atoms with Crippen molar-refractivity contribution in [2.75, 3.05) is 0 Å². The maximum atomic E-state index is 14.1. The van der Waals surface area contributed by atoms with E-state index in [1.165, 1.54) is 6.07 Å². The molecule has 4 nitrogen and oxygen atoms in total. The van der Waals surface area contributed by atoms with Crippen molar-refractivity contribution in [2.24, 2.45) is 0 Å². The standard InChI is InChI=1S/C13H5F4O2.C6H10N2.2C4H9.Sn/c14-8-6-9(15)11(17)12(10(8)16)19-13(18)7-4-2-1-3-5-7;1-3-8-5-4-7(2)6-8;2*1-3-4-2;/h1-2,4-6H;4-6H,2-3H2,1H3;2*1,3-4H2,2H3;/q;+1;;;. The van der Waals surface area contributed by atoms with E-state index in [2.05, 4.69) is 42.4 Å². The summed E-state index contributed by atoms with van der Waals surface area (Å²) in [5.41, 5.74) is 0.0983. The van der Waals surface area contributed by atoms with Crippen molar-refractivity contribution >= 4 is 27.9 Å². The molecule has 0 atom stereocenters. The summed E-state index contributed by atoms with van der Waals surface area (Å²) in [4.78, 5) is 12.9. The van der Waals surface area contributed by atoms with Crippen LogP contribution in [0.1, 0.15) is 56.8 Å². The molecule has 0 fully saturated rings. The summed E-state index contributed by atoms with van der Waals surface area (Å²) in [6, 6.07) is 7.12. The molecule has 0 bridgehead atoms. The summed E-state index contributed by atoms with van der Waals surface area (Å²) in [5.74, 6) is -9.17. The monoisotopic (exact) mass is 613 g/mol. The normalized spacial score (nSPS) is 11.6. The van der Waals surface area contributed by atoms with E-state index in [0.717, 1.165) is 49.2 Å². The van der Waals surface area contributed by atoms with Crippen molar-refractivity contribution in [3.8, 4) is 5.75 Å². The number of imidazole rings is 1. The van der Waals surface area contributed by atoms with Crippen molar-refractivity contribution in [1.82, 2.24) is 4.57 Å². The maximum absolute atomic E-state index is 14.1. The molecule has 0 saturated carbocycles. The van der Waals surface area contributed by atoms with Gasteiger partial charge in [-0.25, -0.2) is 0 Å². The van der Waals surface area contributed by atoms with Gasteiger partial charge in [-0.15, -0.1) is 0 Å². The number of carbonyl (C=O) groups is 1. The third kappa shape index (κ3) is 6.49. The molecule has 0 aliphatic rings. The van der Waals surface area contributed by atoms with Crippen LogP contribution in [-0.2, 0) is 11.1 Å². The van der Waals surface area contributed by atoms with E-state index in [9.17, 15) is 22.4 Å². The molecule has 0 N–H and O–H groups in total. The number of halogens is 4. The summed E-state index contributed by atoms with van der Waals surface area (Å²) in [6.45, 7) is 7.27. The van der Waals surface area contributed by atoms with Gasteiger partial charge in [0.05, 0.1) is 0 Å². The second-order valence-electron chi connectivity index (χ2n) is 9.17. The Labute approximate surface area is 213 Å². The fraction of sp³-hybridized carbons (Fsp3) is 0.407. The quantitative estimate of drug-likeness (QED) is 0.0623. The first-order chi connectivity index (χ1) is 17.2. The topological polar surface area (TPSA) is 35.1 Å². The Balaban J connectivity index is 2.00. The van der Waals surface area contributed by atoms with Crippen molar-refractivity contribution in [2.45, 2.75) is 66.4 Å². The number of aryl methyl sites for hydroxylation is 1. The number of unbranched alkanes of at least 4 members (excludes halogenated alkanes) is 2. The summed E-state index contributed by atoms with van der Waals surface area (Å²) in [7, 11) is 0. The van der Waals surface area contributed by atoms with Gasteiger partial charge >= 0.3 is 214 Å². The average molecular weight is 612 g/mol. The van der Waals surface area contributed by atoms with Gasteiger partial charge in [0.15, 0.2) is 0 Å². The predicted molar refractivity (Wildman–Crippen MR) is 133 cm³/mol. The van der Waals surface area contributed by atoms with E-state index in [-0.39, 0.29) is 11.6 Å². The minimum atomic E-state index is -3.16. The Morgan fingerprint density at radius 3 is 2.17 bits per heavy atom. The first-order valence-electron chi connectivity index (χ1n) is 12.4. The van der Waals surface area contributed by atoms with Crippen LogP contribution in [0.25, 0.3) is 0 Å². The zero-order valence-corrected chi connectivity index (χ0v) is 23.9. The van der Waals surface area contributed by atoms with E-state index in [1.807, 2.05) is 12.3 Å². The molecule has 0 saturated heterocycles. The predicted octanol–water partition coefficient (Wildman–Crippen LogP) is 6.07. The molecule has 36 heavy (non-hydrogen) atoms. The molecular weight excluding hydrogens is 579 g/mol. The number of hydrogen-bond donors (Lipinski definition) is 0. The van der Waals surface area contributed by atoms with Crippen molar-refractivity contribution in [3.05, 3.63) is 77.9 Å². The van der Waals surface area contributed by atoms with Gasteiger partial charge in [0.2, 0.25) is 0 Å². The molecule has 1 aromatic heterocycles. The van der Waals surface area contributed by atoms with Gasteiger partial charge < -0.3 is 0 Å². The number of esters is 1.